The molecule has 0 aliphatic heterocycles. The van der Waals surface area contributed by atoms with E-state index in [1.165, 1.54) is 13.2 Å². The number of pyridine rings is 2. The lowest BCUT2D eigenvalue weighted by Crippen LogP contribution is -2.36. The number of ether oxygens (including phenoxy) is 1. The van der Waals surface area contributed by atoms with E-state index in [1.807, 2.05) is 0 Å². The van der Waals surface area contributed by atoms with Crippen molar-refractivity contribution in [1.82, 2.24) is 15.3 Å². The Bertz CT molecular complexity index is 1010. The quantitative estimate of drug-likeness (QED) is 0.763. The number of rotatable bonds is 4. The molecule has 1 amide bonds. The van der Waals surface area contributed by atoms with Crippen LogP contribution in [-0.4, -0.2) is 42.1 Å². The van der Waals surface area contributed by atoms with Crippen molar-refractivity contribution < 1.29 is 18.3 Å². The van der Waals surface area contributed by atoms with Crippen molar-refractivity contribution in [3.05, 3.63) is 39.9 Å². The minimum Gasteiger partial charge on any atom is -0.381 e. The Kier molecular flexibility index (Phi) is 6.10. The average molecular weight is 433 g/mol. The van der Waals surface area contributed by atoms with E-state index in [9.17, 15) is 18.4 Å². The molecule has 0 aromatic carbocycles. The second-order valence-electron chi connectivity index (χ2n) is 8.88. The van der Waals surface area contributed by atoms with Crippen LogP contribution in [0.2, 0.25) is 0 Å². The number of halogens is 2. The van der Waals surface area contributed by atoms with Gasteiger partial charge in [0.25, 0.3) is 5.91 Å². The van der Waals surface area contributed by atoms with Crippen molar-refractivity contribution in [2.24, 2.45) is 11.8 Å². The lowest BCUT2D eigenvalue weighted by atomic mass is 9.66. The fourth-order valence-corrected chi connectivity index (χ4v) is 5.49. The Morgan fingerprint density at radius 2 is 2.00 bits per heavy atom. The number of fused-ring (bicyclic) bond motifs is 1. The number of nitrogens with zero attached hydrogens (tertiary/aromatic N) is 1. The third kappa shape index (κ3) is 4.35. The number of nitrogens with one attached hydrogen (secondary N) is 2. The summed E-state index contributed by atoms with van der Waals surface area (Å²) >= 11 is 0. The maximum Gasteiger partial charge on any atom is 0.270 e. The van der Waals surface area contributed by atoms with Gasteiger partial charge in [-0.25, -0.2) is 8.78 Å². The summed E-state index contributed by atoms with van der Waals surface area (Å²) in [6, 6.07) is 3.25. The number of aromatic nitrogens is 2. The highest BCUT2D eigenvalue weighted by Gasteiger charge is 2.42. The van der Waals surface area contributed by atoms with Crippen molar-refractivity contribution in [3.8, 4) is 0 Å². The molecule has 4 rings (SSSR count). The van der Waals surface area contributed by atoms with Gasteiger partial charge in [-0.15, -0.1) is 0 Å². The molecule has 0 saturated heterocycles. The summed E-state index contributed by atoms with van der Waals surface area (Å²) in [7, 11) is 3.18. The van der Waals surface area contributed by atoms with E-state index >= 15 is 0 Å². The maximum absolute atomic E-state index is 13.7. The van der Waals surface area contributed by atoms with E-state index in [2.05, 4.69) is 15.3 Å². The minimum absolute atomic E-state index is 0.0177. The highest BCUT2D eigenvalue weighted by molar-refractivity contribution is 6.04. The number of carbonyl (C=O) groups is 1. The molecule has 2 saturated carbocycles. The van der Waals surface area contributed by atoms with E-state index in [0.717, 1.165) is 25.0 Å². The van der Waals surface area contributed by atoms with E-state index < -0.39 is 11.8 Å². The second kappa shape index (κ2) is 8.65. The van der Waals surface area contributed by atoms with Gasteiger partial charge in [0.1, 0.15) is 5.69 Å². The molecular weight excluding hydrogens is 404 g/mol. The third-order valence-corrected chi connectivity index (χ3v) is 7.16. The highest BCUT2D eigenvalue weighted by atomic mass is 19.3. The van der Waals surface area contributed by atoms with Crippen molar-refractivity contribution in [3.63, 3.8) is 0 Å². The van der Waals surface area contributed by atoms with E-state index in [0.29, 0.717) is 18.4 Å². The Morgan fingerprint density at radius 1 is 1.26 bits per heavy atom. The van der Waals surface area contributed by atoms with Gasteiger partial charge in [-0.1, -0.05) is 0 Å². The molecule has 6 nitrogen and oxygen atoms in total. The predicted molar refractivity (Wildman–Crippen MR) is 114 cm³/mol. The van der Waals surface area contributed by atoms with Crippen LogP contribution in [0.15, 0.2) is 23.1 Å². The Hall–Kier alpha value is -2.35. The van der Waals surface area contributed by atoms with Gasteiger partial charge in [0, 0.05) is 50.9 Å². The van der Waals surface area contributed by atoms with Gasteiger partial charge in [-0.3, -0.25) is 14.6 Å². The number of methoxy groups -OCH3 is 1. The summed E-state index contributed by atoms with van der Waals surface area (Å²) < 4.78 is 33.1. The lowest BCUT2D eigenvalue weighted by Gasteiger charge is -2.42. The number of amides is 1. The molecule has 2 heterocycles. The van der Waals surface area contributed by atoms with Gasteiger partial charge >= 0.3 is 0 Å². The zero-order chi connectivity index (χ0) is 22.2. The van der Waals surface area contributed by atoms with Crippen LogP contribution in [-0.2, 0) is 4.74 Å². The first-order valence-electron chi connectivity index (χ1n) is 11.0. The van der Waals surface area contributed by atoms with Gasteiger partial charge in [0.05, 0.1) is 17.0 Å². The van der Waals surface area contributed by atoms with Crippen LogP contribution in [0.25, 0.3) is 10.9 Å². The number of aromatic amines is 1. The normalized spacial score (nSPS) is 26.6. The molecule has 8 heteroatoms. The van der Waals surface area contributed by atoms with Crippen molar-refractivity contribution in [2.75, 3.05) is 14.2 Å². The first kappa shape index (κ1) is 21.9. The first-order valence-corrected chi connectivity index (χ1v) is 11.0. The molecule has 2 N–H and O–H groups in total. The number of H-pyrrole nitrogens is 1. The number of hydrogen-bond acceptors (Lipinski definition) is 4. The number of hydrogen-bond donors (Lipinski definition) is 2. The van der Waals surface area contributed by atoms with Crippen molar-refractivity contribution >= 4 is 16.8 Å². The van der Waals surface area contributed by atoms with E-state index in [4.69, 9.17) is 4.74 Å². The van der Waals surface area contributed by atoms with Crippen molar-refractivity contribution in [1.29, 1.82) is 0 Å². The van der Waals surface area contributed by atoms with Gasteiger partial charge < -0.3 is 15.0 Å². The fourth-order valence-electron chi connectivity index (χ4n) is 5.49. The minimum atomic E-state index is -2.56. The topological polar surface area (TPSA) is 84.1 Å². The monoisotopic (exact) mass is 433 g/mol. The molecule has 2 fully saturated rings. The third-order valence-electron chi connectivity index (χ3n) is 7.16. The van der Waals surface area contributed by atoms with Crippen LogP contribution >= 0.6 is 0 Å². The largest absolute Gasteiger partial charge is 0.381 e. The van der Waals surface area contributed by atoms with Crippen LogP contribution in [0, 0.1) is 11.8 Å². The molecule has 3 unspecified atom stereocenters. The SMILES string of the molecule is CNC(=O)c1nccc2[nH]c(C3CC(OC)CCC3C3CCC(F)(F)CC3)cc(=O)c12. The summed E-state index contributed by atoms with van der Waals surface area (Å²) in [6.45, 7) is 0. The fraction of sp³-hybridized carbons (Fsp3) is 0.609. The zero-order valence-corrected chi connectivity index (χ0v) is 17.9. The molecule has 2 aromatic heterocycles. The van der Waals surface area contributed by atoms with Gasteiger partial charge in [-0.2, -0.15) is 0 Å². The van der Waals surface area contributed by atoms with E-state index in [1.54, 1.807) is 19.2 Å². The Morgan fingerprint density at radius 3 is 2.68 bits per heavy atom. The van der Waals surface area contributed by atoms with Gasteiger partial charge in [-0.05, 0) is 50.0 Å². The highest BCUT2D eigenvalue weighted by Crippen LogP contribution is 2.48. The molecule has 0 radical (unpaired) electrons. The van der Waals surface area contributed by atoms with Crippen LogP contribution in [0.4, 0.5) is 8.78 Å². The number of alkyl halides is 2. The molecular formula is C23H29F2N3O3. The molecule has 0 bridgehead atoms. The lowest BCUT2D eigenvalue weighted by molar-refractivity contribution is -0.0602. The summed E-state index contributed by atoms with van der Waals surface area (Å²) in [5, 5.41) is 2.78. The second-order valence-corrected chi connectivity index (χ2v) is 8.88. The molecule has 3 atom stereocenters. The summed E-state index contributed by atoms with van der Waals surface area (Å²) in [5.41, 5.74) is 1.18. The first-order chi connectivity index (χ1) is 14.8. The van der Waals surface area contributed by atoms with Crippen LogP contribution in [0.5, 0.6) is 0 Å². The number of carbonyl (C=O) groups excluding carboxylic acids is 1. The Labute approximate surface area is 179 Å². The van der Waals surface area contributed by atoms with E-state index in [-0.39, 0.29) is 53.2 Å². The van der Waals surface area contributed by atoms with Crippen LogP contribution < -0.4 is 10.7 Å². The maximum atomic E-state index is 13.7. The zero-order valence-electron chi connectivity index (χ0n) is 17.9. The summed E-state index contributed by atoms with van der Waals surface area (Å²) in [6.07, 6.45) is 4.99. The average Bonchev–Trinajstić information content (AvgIpc) is 2.77. The molecule has 168 valence electrons. The smallest absolute Gasteiger partial charge is 0.270 e. The van der Waals surface area contributed by atoms with Gasteiger partial charge in [0.2, 0.25) is 5.92 Å². The molecule has 2 aliphatic carbocycles. The molecule has 2 aliphatic rings. The van der Waals surface area contributed by atoms with Crippen molar-refractivity contribution in [2.45, 2.75) is 62.9 Å². The van der Waals surface area contributed by atoms with Crippen LogP contribution in [0.3, 0.4) is 0 Å². The Balaban J connectivity index is 1.72. The van der Waals surface area contributed by atoms with Gasteiger partial charge in [0.15, 0.2) is 5.43 Å². The summed E-state index contributed by atoms with van der Waals surface area (Å²) in [4.78, 5) is 32.6. The molecule has 31 heavy (non-hydrogen) atoms. The van der Waals surface area contributed by atoms with Crippen LogP contribution in [0.1, 0.15) is 67.0 Å². The standard InChI is InChI=1S/C23H29F2N3O3/c1-26-22(30)21-20-17(7-10-27-21)28-18(12-19(20)29)16-11-14(31-2)3-4-15(16)13-5-8-23(24,25)9-6-13/h7,10,12-16H,3-6,8-9,11H2,1-2H3,(H,26,30)(H,28,29). The summed E-state index contributed by atoms with van der Waals surface area (Å²) in [5.74, 6) is -2.53. The molecule has 0 spiro atoms. The predicted octanol–water partition coefficient (Wildman–Crippen LogP) is 4.01. The molecule has 2 aromatic rings.